The van der Waals surface area contributed by atoms with Crippen molar-refractivity contribution < 1.29 is 70.6 Å². The van der Waals surface area contributed by atoms with Gasteiger partial charge >= 0.3 is 59.2 Å². The van der Waals surface area contributed by atoms with Crippen molar-refractivity contribution in [3.8, 4) is 0 Å². The van der Waals surface area contributed by atoms with Gasteiger partial charge in [-0.15, -0.1) is 5.56 Å². The maximum Gasteiger partial charge on any atom is 1.00 e. The topological polar surface area (TPSA) is 77.8 Å². The summed E-state index contributed by atoms with van der Waals surface area (Å²) in [6, 6.07) is 17.9. The third kappa shape index (κ3) is 9.42. The van der Waals surface area contributed by atoms with Gasteiger partial charge in [-0.2, -0.15) is 18.2 Å². The van der Waals surface area contributed by atoms with Crippen LogP contribution >= 0.6 is 39.7 Å². The summed E-state index contributed by atoms with van der Waals surface area (Å²) in [6.45, 7) is 4.47. The number of halogens is 2. The summed E-state index contributed by atoms with van der Waals surface area (Å²) in [5.74, 6) is 0. The van der Waals surface area contributed by atoms with Gasteiger partial charge in [0, 0.05) is 0 Å². The van der Waals surface area contributed by atoms with Gasteiger partial charge in [-0.1, -0.05) is 85.0 Å². The Morgan fingerprint density at radius 3 is 1.74 bits per heavy atom. The first kappa shape index (κ1) is 24.1. The molecule has 0 saturated carbocycles. The van der Waals surface area contributed by atoms with Crippen molar-refractivity contribution in [1.82, 2.24) is 0 Å². The van der Waals surface area contributed by atoms with Gasteiger partial charge < -0.3 is 14.7 Å². The molecule has 0 radical (unpaired) electrons. The van der Waals surface area contributed by atoms with Crippen LogP contribution in [0, 0.1) is 6.07 Å². The molecule has 23 heavy (non-hydrogen) atoms. The number of benzene rings is 2. The number of hydrogen-bond donors (Lipinski definition) is 3. The first-order chi connectivity index (χ1) is 10.00. The van der Waals surface area contributed by atoms with Crippen LogP contribution in [0.1, 0.15) is 25.0 Å². The summed E-state index contributed by atoms with van der Waals surface area (Å²) < 4.78 is 10.8. The van der Waals surface area contributed by atoms with Crippen LogP contribution in [0.3, 0.4) is 0 Å². The molecular weight excluding hydrogens is 474 g/mol. The Morgan fingerprint density at radius 1 is 0.957 bits per heavy atom. The van der Waals surface area contributed by atoms with Crippen molar-refractivity contribution in [3.63, 3.8) is 0 Å². The van der Waals surface area contributed by atoms with E-state index in [1.807, 2.05) is 6.07 Å². The van der Waals surface area contributed by atoms with Gasteiger partial charge in [-0.3, -0.25) is 0 Å². The Balaban J connectivity index is 0.000000709. The van der Waals surface area contributed by atoms with Crippen LogP contribution < -0.4 is 51.4 Å². The third-order valence-electron chi connectivity index (χ3n) is 3.02. The molecule has 2 aromatic carbocycles. The van der Waals surface area contributed by atoms with E-state index in [4.69, 9.17) is 19.2 Å². The summed E-state index contributed by atoms with van der Waals surface area (Å²) >= 11 is 6.98. The summed E-state index contributed by atoms with van der Waals surface area (Å²) in [4.78, 5) is 21.6. The molecule has 0 spiro atoms. The molecule has 120 valence electrons. The predicted octanol–water partition coefficient (Wildman–Crippen LogP) is 1.41. The Morgan fingerprint density at radius 2 is 1.35 bits per heavy atom. The molecule has 0 aliphatic heterocycles. The fourth-order valence-electron chi connectivity index (χ4n) is 1.88. The molecule has 0 aliphatic carbocycles. The van der Waals surface area contributed by atoms with Gasteiger partial charge in [0.25, 0.3) is 0 Å². The van der Waals surface area contributed by atoms with Crippen molar-refractivity contribution in [2.75, 3.05) is 0 Å². The van der Waals surface area contributed by atoms with Crippen LogP contribution in [0.5, 0.6) is 0 Å². The molecule has 8 heteroatoms. The molecule has 0 atom stereocenters. The van der Waals surface area contributed by atoms with Crippen LogP contribution in [0.4, 0.5) is 0 Å². The van der Waals surface area contributed by atoms with Gasteiger partial charge in [0.15, 0.2) is 0 Å². The molecule has 2 aromatic rings. The van der Waals surface area contributed by atoms with Crippen molar-refractivity contribution in [1.29, 1.82) is 0 Å². The minimum absolute atomic E-state index is 0. The van der Waals surface area contributed by atoms with E-state index in [1.165, 1.54) is 11.1 Å². The second kappa shape index (κ2) is 10.3. The molecule has 2 rings (SSSR count). The Hall–Kier alpha value is 1.15. The van der Waals surface area contributed by atoms with E-state index in [9.17, 15) is 0 Å². The number of phosphoric acid groups is 1. The SMILES string of the molecule is CC(C)(c1ccccc1)c1cc(Br)[c-]c(Br)c1.O=P(O)(O)O.[K+]. The summed E-state index contributed by atoms with van der Waals surface area (Å²) in [7, 11) is -4.64. The number of rotatable bonds is 2. The van der Waals surface area contributed by atoms with E-state index >= 15 is 0 Å². The molecule has 0 aliphatic rings. The standard InChI is InChI=1S/C15H13Br2.K.H3O4P/c1-15(2,11-6-4-3-5-7-11)12-8-13(16)10-14(17)9-12;;1-5(2,3)4/h3-9H,1-2H3;;(H3,1,2,3,4)/q-1;+1;. The fourth-order valence-corrected chi connectivity index (χ4v) is 3.07. The van der Waals surface area contributed by atoms with Crippen molar-refractivity contribution >= 4 is 39.7 Å². The van der Waals surface area contributed by atoms with Crippen molar-refractivity contribution in [2.24, 2.45) is 0 Å². The van der Waals surface area contributed by atoms with Gasteiger partial charge in [0.05, 0.1) is 0 Å². The Bertz CT molecular complexity index is 646. The second-order valence-electron chi connectivity index (χ2n) is 5.07. The van der Waals surface area contributed by atoms with Crippen LogP contribution in [-0.2, 0) is 9.98 Å². The zero-order valence-electron chi connectivity index (χ0n) is 13.0. The first-order valence-electron chi connectivity index (χ1n) is 6.23. The molecule has 0 amide bonds. The molecule has 0 fully saturated rings. The molecule has 4 nitrogen and oxygen atoms in total. The van der Waals surface area contributed by atoms with Gasteiger partial charge in [-0.25, -0.2) is 4.57 Å². The van der Waals surface area contributed by atoms with Crippen molar-refractivity contribution in [3.05, 3.63) is 68.6 Å². The molecule has 3 N–H and O–H groups in total. The monoisotopic (exact) mass is 488 g/mol. The molecule has 0 aromatic heterocycles. The van der Waals surface area contributed by atoms with Crippen LogP contribution in [0.15, 0.2) is 51.4 Å². The molecular formula is C15H16Br2KO4P. The Labute approximate surface area is 195 Å². The largest absolute Gasteiger partial charge is 1.00 e. The van der Waals surface area contributed by atoms with Gasteiger partial charge in [0.1, 0.15) is 0 Å². The van der Waals surface area contributed by atoms with E-state index in [-0.39, 0.29) is 56.8 Å². The zero-order chi connectivity index (χ0) is 17.0. The van der Waals surface area contributed by atoms with E-state index < -0.39 is 7.82 Å². The third-order valence-corrected chi connectivity index (χ3v) is 3.87. The maximum absolute atomic E-state index is 8.88. The van der Waals surface area contributed by atoms with E-state index in [2.05, 4.69) is 88.2 Å². The minimum atomic E-state index is -4.64. The van der Waals surface area contributed by atoms with Gasteiger partial charge in [-0.05, 0) is 11.0 Å². The van der Waals surface area contributed by atoms with Crippen LogP contribution in [0.2, 0.25) is 0 Å². The molecule has 0 bridgehead atoms. The molecule has 0 unspecified atom stereocenters. The second-order valence-corrected chi connectivity index (χ2v) is 7.80. The van der Waals surface area contributed by atoms with Gasteiger partial charge in [0.2, 0.25) is 0 Å². The normalized spacial score (nSPS) is 11.1. The van der Waals surface area contributed by atoms with Crippen LogP contribution in [-0.4, -0.2) is 14.7 Å². The quantitative estimate of drug-likeness (QED) is 0.338. The summed E-state index contributed by atoms with van der Waals surface area (Å²) in [6.07, 6.45) is 0. The maximum atomic E-state index is 8.88. The Kier molecular flexibility index (Phi) is 10.8. The minimum Gasteiger partial charge on any atom is -0.303 e. The van der Waals surface area contributed by atoms with E-state index in [1.54, 1.807) is 0 Å². The van der Waals surface area contributed by atoms with Crippen molar-refractivity contribution in [2.45, 2.75) is 19.3 Å². The van der Waals surface area contributed by atoms with Crippen LogP contribution in [0.25, 0.3) is 0 Å². The summed E-state index contributed by atoms with van der Waals surface area (Å²) in [5, 5.41) is 0. The molecule has 0 heterocycles. The fraction of sp³-hybridized carbons (Fsp3) is 0.200. The molecule has 0 saturated heterocycles. The average Bonchev–Trinajstić information content (AvgIpc) is 2.36. The van der Waals surface area contributed by atoms with E-state index in [0.717, 1.165) is 8.95 Å². The average molecular weight is 490 g/mol. The number of hydrogen-bond acceptors (Lipinski definition) is 1. The summed E-state index contributed by atoms with van der Waals surface area (Å²) in [5.41, 5.74) is 2.56. The van der Waals surface area contributed by atoms with E-state index in [0.29, 0.717) is 0 Å². The smallest absolute Gasteiger partial charge is 0.303 e. The first-order valence-corrected chi connectivity index (χ1v) is 9.38. The zero-order valence-corrected chi connectivity index (χ0v) is 20.2. The predicted molar refractivity (Wildman–Crippen MR) is 93.5 cm³/mol.